The van der Waals surface area contributed by atoms with Crippen molar-refractivity contribution in [2.75, 3.05) is 39.3 Å². The molecule has 1 aliphatic rings. The lowest BCUT2D eigenvalue weighted by Gasteiger charge is -2.34. The summed E-state index contributed by atoms with van der Waals surface area (Å²) in [5, 5.41) is 4.21. The zero-order chi connectivity index (χ0) is 15.9. The van der Waals surface area contributed by atoms with Crippen molar-refractivity contribution in [3.05, 3.63) is 46.5 Å². The summed E-state index contributed by atoms with van der Waals surface area (Å²) >= 11 is 12.0. The van der Waals surface area contributed by atoms with E-state index in [-0.39, 0.29) is 6.03 Å². The maximum atomic E-state index is 12.1. The van der Waals surface area contributed by atoms with Gasteiger partial charge in [0.25, 0.3) is 0 Å². The summed E-state index contributed by atoms with van der Waals surface area (Å²) in [4.78, 5) is 16.2. The van der Waals surface area contributed by atoms with Gasteiger partial charge in [0.1, 0.15) is 0 Å². The van der Waals surface area contributed by atoms with Crippen molar-refractivity contribution in [2.24, 2.45) is 0 Å². The van der Waals surface area contributed by atoms with E-state index in [0.717, 1.165) is 38.3 Å². The van der Waals surface area contributed by atoms with E-state index in [0.29, 0.717) is 23.0 Å². The molecule has 1 aromatic carbocycles. The monoisotopic (exact) mass is 341 g/mol. The van der Waals surface area contributed by atoms with Crippen molar-refractivity contribution in [2.45, 2.75) is 6.42 Å². The molecule has 2 amide bonds. The molecule has 0 atom stereocenters. The van der Waals surface area contributed by atoms with Crippen molar-refractivity contribution in [3.8, 4) is 0 Å². The second-order valence-corrected chi connectivity index (χ2v) is 6.14. The van der Waals surface area contributed by atoms with Crippen LogP contribution in [0.3, 0.4) is 0 Å². The molecule has 120 valence electrons. The highest BCUT2D eigenvalue weighted by Gasteiger charge is 2.19. The summed E-state index contributed by atoms with van der Waals surface area (Å²) in [5.41, 5.74) is 0.988. The van der Waals surface area contributed by atoms with Crippen molar-refractivity contribution < 1.29 is 4.79 Å². The summed E-state index contributed by atoms with van der Waals surface area (Å²) in [6, 6.07) is 5.41. The van der Waals surface area contributed by atoms with Gasteiger partial charge in [0, 0.05) is 49.3 Å². The Kier molecular flexibility index (Phi) is 6.55. The van der Waals surface area contributed by atoms with Crippen LogP contribution in [0.15, 0.2) is 30.9 Å². The number of rotatable bonds is 5. The van der Waals surface area contributed by atoms with E-state index in [1.54, 1.807) is 6.07 Å². The number of hydrogen-bond donors (Lipinski definition) is 1. The molecule has 0 spiro atoms. The highest BCUT2D eigenvalue weighted by molar-refractivity contribution is 6.35. The topological polar surface area (TPSA) is 35.6 Å². The Morgan fingerprint density at radius 3 is 2.64 bits per heavy atom. The van der Waals surface area contributed by atoms with Crippen LogP contribution in [0.25, 0.3) is 0 Å². The molecule has 1 aliphatic heterocycles. The van der Waals surface area contributed by atoms with Gasteiger partial charge in [-0.05, 0) is 24.1 Å². The summed E-state index contributed by atoms with van der Waals surface area (Å²) in [5.74, 6) is 0. The van der Waals surface area contributed by atoms with Gasteiger partial charge < -0.3 is 10.2 Å². The predicted octanol–water partition coefficient (Wildman–Crippen LogP) is 3.05. The van der Waals surface area contributed by atoms with Gasteiger partial charge in [-0.1, -0.05) is 35.3 Å². The maximum Gasteiger partial charge on any atom is 0.317 e. The largest absolute Gasteiger partial charge is 0.338 e. The van der Waals surface area contributed by atoms with Crippen LogP contribution in [-0.2, 0) is 6.42 Å². The van der Waals surface area contributed by atoms with Crippen LogP contribution in [-0.4, -0.2) is 55.1 Å². The highest BCUT2D eigenvalue weighted by atomic mass is 35.5. The van der Waals surface area contributed by atoms with E-state index in [9.17, 15) is 4.79 Å². The van der Waals surface area contributed by atoms with Crippen LogP contribution in [0.5, 0.6) is 0 Å². The Hall–Kier alpha value is -1.23. The van der Waals surface area contributed by atoms with E-state index in [1.165, 1.54) is 0 Å². The number of carbonyl (C=O) groups excluding carboxylic acids is 1. The molecule has 0 bridgehead atoms. The number of hydrogen-bond acceptors (Lipinski definition) is 2. The van der Waals surface area contributed by atoms with Gasteiger partial charge in [-0.15, -0.1) is 6.58 Å². The average Bonchev–Trinajstić information content (AvgIpc) is 2.50. The summed E-state index contributed by atoms with van der Waals surface area (Å²) < 4.78 is 0. The molecule has 2 rings (SSSR count). The predicted molar refractivity (Wildman–Crippen MR) is 91.8 cm³/mol. The van der Waals surface area contributed by atoms with Crippen molar-refractivity contribution in [3.63, 3.8) is 0 Å². The average molecular weight is 342 g/mol. The molecule has 1 saturated heterocycles. The van der Waals surface area contributed by atoms with Gasteiger partial charge >= 0.3 is 6.03 Å². The first-order valence-electron chi connectivity index (χ1n) is 7.40. The molecule has 6 heteroatoms. The molecule has 0 radical (unpaired) electrons. The smallest absolute Gasteiger partial charge is 0.317 e. The van der Waals surface area contributed by atoms with Crippen LogP contribution >= 0.6 is 23.2 Å². The van der Waals surface area contributed by atoms with E-state index in [4.69, 9.17) is 23.2 Å². The fourth-order valence-electron chi connectivity index (χ4n) is 2.46. The SMILES string of the molecule is C=CCN1CCN(C(=O)NCCc2ccc(Cl)cc2Cl)CC1. The number of halogens is 2. The van der Waals surface area contributed by atoms with Gasteiger partial charge in [-0.3, -0.25) is 4.90 Å². The summed E-state index contributed by atoms with van der Waals surface area (Å²) in [7, 11) is 0. The van der Waals surface area contributed by atoms with Gasteiger partial charge in [0.2, 0.25) is 0 Å². The number of amides is 2. The van der Waals surface area contributed by atoms with Crippen molar-refractivity contribution in [1.82, 2.24) is 15.1 Å². The standard InChI is InChI=1S/C16H21Cl2N3O/c1-2-7-20-8-10-21(11-9-20)16(22)19-6-5-13-3-4-14(17)12-15(13)18/h2-4,12H,1,5-11H2,(H,19,22). The maximum absolute atomic E-state index is 12.1. The summed E-state index contributed by atoms with van der Waals surface area (Å²) in [6.45, 7) is 8.46. The Bertz CT molecular complexity index is 528. The van der Waals surface area contributed by atoms with E-state index < -0.39 is 0 Å². The molecule has 1 aromatic rings. The first-order valence-corrected chi connectivity index (χ1v) is 8.15. The Morgan fingerprint density at radius 2 is 2.00 bits per heavy atom. The quantitative estimate of drug-likeness (QED) is 0.835. The Labute approximate surface area is 141 Å². The molecular weight excluding hydrogens is 321 g/mol. The minimum absolute atomic E-state index is 0.0108. The molecule has 4 nitrogen and oxygen atoms in total. The number of nitrogens with zero attached hydrogens (tertiary/aromatic N) is 2. The second kappa shape index (κ2) is 8.42. The Balaban J connectivity index is 1.73. The lowest BCUT2D eigenvalue weighted by molar-refractivity contribution is 0.147. The first-order chi connectivity index (χ1) is 10.6. The van der Waals surface area contributed by atoms with Crippen LogP contribution in [0.2, 0.25) is 10.0 Å². The molecule has 0 saturated carbocycles. The molecule has 1 heterocycles. The third-order valence-electron chi connectivity index (χ3n) is 3.73. The molecule has 1 fully saturated rings. The number of piperazine rings is 1. The molecular formula is C16H21Cl2N3O. The van der Waals surface area contributed by atoms with Crippen LogP contribution in [0, 0.1) is 0 Å². The number of nitrogens with one attached hydrogen (secondary N) is 1. The number of benzene rings is 1. The molecule has 0 aromatic heterocycles. The van der Waals surface area contributed by atoms with Crippen molar-refractivity contribution in [1.29, 1.82) is 0 Å². The third-order valence-corrected chi connectivity index (χ3v) is 4.32. The molecule has 1 N–H and O–H groups in total. The van der Waals surface area contributed by atoms with Gasteiger partial charge in [0.15, 0.2) is 0 Å². The highest BCUT2D eigenvalue weighted by Crippen LogP contribution is 2.21. The minimum atomic E-state index is -0.0108. The minimum Gasteiger partial charge on any atom is -0.338 e. The number of urea groups is 1. The molecule has 0 aliphatic carbocycles. The van der Waals surface area contributed by atoms with E-state index in [1.807, 2.05) is 23.1 Å². The van der Waals surface area contributed by atoms with Crippen LogP contribution in [0.4, 0.5) is 4.79 Å². The van der Waals surface area contributed by atoms with Crippen LogP contribution < -0.4 is 5.32 Å². The van der Waals surface area contributed by atoms with E-state index >= 15 is 0 Å². The third kappa shape index (κ3) is 4.90. The molecule has 0 unspecified atom stereocenters. The second-order valence-electron chi connectivity index (χ2n) is 5.29. The lowest BCUT2D eigenvalue weighted by Crippen LogP contribution is -2.51. The summed E-state index contributed by atoms with van der Waals surface area (Å²) in [6.07, 6.45) is 2.59. The number of carbonyl (C=O) groups is 1. The Morgan fingerprint density at radius 1 is 1.27 bits per heavy atom. The van der Waals surface area contributed by atoms with Crippen LogP contribution in [0.1, 0.15) is 5.56 Å². The van der Waals surface area contributed by atoms with E-state index in [2.05, 4.69) is 16.8 Å². The van der Waals surface area contributed by atoms with Gasteiger partial charge in [-0.25, -0.2) is 4.79 Å². The zero-order valence-electron chi connectivity index (χ0n) is 12.5. The normalized spacial score (nSPS) is 15.6. The molecule has 22 heavy (non-hydrogen) atoms. The van der Waals surface area contributed by atoms with Gasteiger partial charge in [-0.2, -0.15) is 0 Å². The van der Waals surface area contributed by atoms with Crippen molar-refractivity contribution >= 4 is 29.2 Å². The van der Waals surface area contributed by atoms with Gasteiger partial charge in [0.05, 0.1) is 0 Å². The first kappa shape index (κ1) is 17.1. The lowest BCUT2D eigenvalue weighted by atomic mass is 10.1. The fourth-order valence-corrected chi connectivity index (χ4v) is 2.96. The fraction of sp³-hybridized carbons (Fsp3) is 0.438. The zero-order valence-corrected chi connectivity index (χ0v) is 14.0.